The fraction of sp³-hybridized carbons (Fsp3) is 0.189. The van der Waals surface area contributed by atoms with Gasteiger partial charge in [-0.2, -0.15) is 0 Å². The number of hydrogen-bond donors (Lipinski definition) is 8. The van der Waals surface area contributed by atoms with Crippen LogP contribution in [0.4, 0.5) is 22.7 Å². The molecule has 0 aliphatic rings. The molecule has 12 rings (SSSR count). The lowest BCUT2D eigenvalue weighted by Crippen LogP contribution is -2.40. The molecule has 4 N–H and O–H groups in total. The van der Waals surface area contributed by atoms with E-state index in [9.17, 15) is 19.2 Å². The zero-order valence-corrected chi connectivity index (χ0v) is 57.9. The van der Waals surface area contributed by atoms with E-state index in [1.165, 1.54) is 0 Å². The van der Waals surface area contributed by atoms with Crippen LogP contribution in [0.5, 0.6) is 0 Å². The van der Waals surface area contributed by atoms with Gasteiger partial charge < -0.3 is 31.1 Å². The SMILES string of the molecule is O=C(CCN(CCC(=O)Nc1ccc(-c2nnc(S)n2Cc2ccccc2)cc1)CCN(CCC(=O)Nc1ccc(-c2nnc(S)n2Cc2ccccc2)cc1)CCC(=O)Nc1ccc(-c2nnc(S)n2Cc2ccccc2)cc1)Nc1ccc(-c2nnc(S)n2Cc2ccccc2)cc1. The van der Waals surface area contributed by atoms with Crippen molar-refractivity contribution >= 4 is 96.9 Å². The van der Waals surface area contributed by atoms with E-state index < -0.39 is 0 Å². The van der Waals surface area contributed by atoms with Gasteiger partial charge in [-0.25, -0.2) is 0 Å². The lowest BCUT2D eigenvalue weighted by atomic mass is 10.1. The van der Waals surface area contributed by atoms with Crippen LogP contribution in [0.1, 0.15) is 47.9 Å². The van der Waals surface area contributed by atoms with Gasteiger partial charge in [0, 0.05) is 110 Å². The number of rotatable bonds is 31. The highest BCUT2D eigenvalue weighted by Crippen LogP contribution is 2.29. The van der Waals surface area contributed by atoms with Crippen LogP contribution in [-0.4, -0.2) is 132 Å². The van der Waals surface area contributed by atoms with Crippen molar-refractivity contribution in [3.05, 3.63) is 241 Å². The van der Waals surface area contributed by atoms with E-state index in [4.69, 9.17) is 0 Å². The van der Waals surface area contributed by atoms with Crippen molar-refractivity contribution in [2.75, 3.05) is 60.5 Å². The number of nitrogens with zero attached hydrogens (tertiary/aromatic N) is 14. The Bertz CT molecular complexity index is 4100. The van der Waals surface area contributed by atoms with Gasteiger partial charge in [0.2, 0.25) is 23.6 Å². The second-order valence-corrected chi connectivity index (χ2v) is 25.4. The second kappa shape index (κ2) is 33.9. The van der Waals surface area contributed by atoms with Crippen LogP contribution in [0.15, 0.2) is 239 Å². The van der Waals surface area contributed by atoms with E-state index >= 15 is 0 Å². The minimum Gasteiger partial charge on any atom is -0.326 e. The van der Waals surface area contributed by atoms with Crippen LogP contribution in [-0.2, 0) is 45.4 Å². The molecule has 0 radical (unpaired) electrons. The molecule has 0 saturated carbocycles. The van der Waals surface area contributed by atoms with E-state index in [0.29, 0.717) is 106 Å². The van der Waals surface area contributed by atoms with Gasteiger partial charge in [0.1, 0.15) is 0 Å². The Kier molecular flexibility index (Phi) is 23.5. The smallest absolute Gasteiger partial charge is 0.225 e. The fourth-order valence-corrected chi connectivity index (χ4v) is 12.2. The molecular weight excluding hydrogens is 1330 g/mol. The molecule has 0 atom stereocenters. The van der Waals surface area contributed by atoms with Gasteiger partial charge >= 0.3 is 0 Å². The van der Waals surface area contributed by atoms with E-state index in [1.54, 1.807) is 0 Å². The van der Waals surface area contributed by atoms with Crippen LogP contribution < -0.4 is 21.3 Å². The summed E-state index contributed by atoms with van der Waals surface area (Å²) in [6.07, 6.45) is 0.361. The first kappa shape index (κ1) is 69.4. The molecule has 0 saturated heterocycles. The van der Waals surface area contributed by atoms with Crippen molar-refractivity contribution in [3.8, 4) is 45.6 Å². The second-order valence-electron chi connectivity index (χ2n) is 23.8. The highest BCUT2D eigenvalue weighted by molar-refractivity contribution is 7.80. The molecule has 8 aromatic carbocycles. The molecule has 4 aromatic heterocycles. The summed E-state index contributed by atoms with van der Waals surface area (Å²) >= 11 is 18.3. The van der Waals surface area contributed by atoms with Crippen LogP contribution >= 0.6 is 50.5 Å². The van der Waals surface area contributed by atoms with Crippen molar-refractivity contribution < 1.29 is 19.2 Å². The van der Waals surface area contributed by atoms with E-state index in [2.05, 4.69) is 122 Å². The number of benzene rings is 8. The predicted octanol–water partition coefficient (Wildman–Crippen LogP) is 12.1. The molecule has 506 valence electrons. The summed E-state index contributed by atoms with van der Waals surface area (Å²) in [5, 5.41) is 48.7. The summed E-state index contributed by atoms with van der Waals surface area (Å²) in [4.78, 5) is 59.8. The monoisotopic (exact) mass is 1400 g/mol. The summed E-state index contributed by atoms with van der Waals surface area (Å²) in [5.74, 6) is 1.62. The van der Waals surface area contributed by atoms with Crippen LogP contribution in [0, 0.1) is 0 Å². The highest BCUT2D eigenvalue weighted by atomic mass is 32.1. The average Bonchev–Trinajstić information content (AvgIpc) is 1.69. The Labute approximate surface area is 600 Å². The lowest BCUT2D eigenvalue weighted by molar-refractivity contribution is -0.118. The van der Waals surface area contributed by atoms with Crippen LogP contribution in [0.25, 0.3) is 45.6 Å². The number of carbonyl (C=O) groups is 4. The van der Waals surface area contributed by atoms with Gasteiger partial charge in [-0.3, -0.25) is 37.4 Å². The average molecular weight is 1410 g/mol. The molecule has 0 spiro atoms. The first-order valence-electron chi connectivity index (χ1n) is 32.5. The highest BCUT2D eigenvalue weighted by Gasteiger charge is 2.21. The zero-order valence-electron chi connectivity index (χ0n) is 54.4. The van der Waals surface area contributed by atoms with Gasteiger partial charge in [0.25, 0.3) is 0 Å². The molecule has 0 fully saturated rings. The summed E-state index contributed by atoms with van der Waals surface area (Å²) in [5.41, 5.74) is 9.86. The van der Waals surface area contributed by atoms with Gasteiger partial charge in [0.05, 0.1) is 26.2 Å². The largest absolute Gasteiger partial charge is 0.326 e. The third-order valence-corrected chi connectivity index (χ3v) is 18.0. The van der Waals surface area contributed by atoms with Crippen LogP contribution in [0.2, 0.25) is 0 Å². The quantitative estimate of drug-likeness (QED) is 0.0188. The lowest BCUT2D eigenvalue weighted by Gasteiger charge is -2.27. The molecule has 0 aliphatic carbocycles. The molecule has 0 bridgehead atoms. The van der Waals surface area contributed by atoms with Gasteiger partial charge in [0.15, 0.2) is 43.9 Å². The first-order chi connectivity index (χ1) is 48.8. The number of carbonyl (C=O) groups excluding carboxylic acids is 4. The van der Waals surface area contributed by atoms with Crippen molar-refractivity contribution in [2.24, 2.45) is 0 Å². The van der Waals surface area contributed by atoms with Crippen molar-refractivity contribution in [1.82, 2.24) is 68.9 Å². The van der Waals surface area contributed by atoms with Crippen molar-refractivity contribution in [1.29, 1.82) is 0 Å². The number of nitrogens with one attached hydrogen (secondary N) is 4. The Balaban J connectivity index is 0.727. The van der Waals surface area contributed by atoms with Gasteiger partial charge in [-0.1, -0.05) is 121 Å². The molecule has 4 amide bonds. The molecule has 0 aliphatic heterocycles. The molecule has 12 aromatic rings. The molecule has 26 heteroatoms. The van der Waals surface area contributed by atoms with Crippen molar-refractivity contribution in [2.45, 2.75) is 72.5 Å². The Hall–Kier alpha value is -10.5. The van der Waals surface area contributed by atoms with Crippen molar-refractivity contribution in [3.63, 3.8) is 0 Å². The molecule has 0 unspecified atom stereocenters. The molecule has 100 heavy (non-hydrogen) atoms. The maximum atomic E-state index is 13.9. The standard InChI is InChI=1S/C74H72N18O4S4/c93-63(75-59-29-21-55(22-30-59)67-79-83-71(97)89(67)47-51-13-5-1-6-14-51)37-41-87(42-38-64(94)76-60-31-23-56(24-32-60)68-80-84-72(98)90(68)48-52-15-7-2-8-16-52)45-46-88(43-39-65(95)77-61-33-25-57(26-34-61)69-81-85-73(99)91(69)49-53-17-9-3-10-18-53)44-40-66(96)78-62-35-27-58(28-36-62)70-82-86-74(100)92(70)50-54-19-11-4-12-20-54/h1-36H,37-50H2,(H,75,93)(H,76,94)(H,77,95)(H,78,96)(H,83,97)(H,84,98)(H,85,99)(H,86,100). The topological polar surface area (TPSA) is 246 Å². The molecule has 22 nitrogen and oxygen atoms in total. The molecule has 4 heterocycles. The summed E-state index contributed by atoms with van der Waals surface area (Å²) in [6.45, 7) is 4.02. The maximum absolute atomic E-state index is 13.9. The Morgan fingerprint density at radius 3 is 0.670 bits per heavy atom. The summed E-state index contributed by atoms with van der Waals surface area (Å²) < 4.78 is 7.70. The fourth-order valence-electron chi connectivity index (χ4n) is 11.4. The molecular formula is C74H72N18O4S4. The van der Waals surface area contributed by atoms with E-state index in [-0.39, 0.29) is 75.5 Å². The predicted molar refractivity (Wildman–Crippen MR) is 399 cm³/mol. The number of anilines is 4. The van der Waals surface area contributed by atoms with Gasteiger partial charge in [-0.15, -0.1) is 91.3 Å². The number of hydrogen-bond acceptors (Lipinski definition) is 18. The third kappa shape index (κ3) is 18.8. The third-order valence-electron chi connectivity index (χ3n) is 16.7. The van der Waals surface area contributed by atoms with Crippen LogP contribution in [0.3, 0.4) is 0 Å². The Morgan fingerprint density at radius 1 is 0.270 bits per heavy atom. The Morgan fingerprint density at radius 2 is 0.470 bits per heavy atom. The normalized spacial score (nSPS) is 11.3. The van der Waals surface area contributed by atoms with Gasteiger partial charge in [-0.05, 0) is 119 Å². The summed E-state index contributed by atoms with van der Waals surface area (Å²) in [6, 6.07) is 69.6. The number of thiol groups is 4. The van der Waals surface area contributed by atoms with E-state index in [1.807, 2.05) is 237 Å². The zero-order chi connectivity index (χ0) is 69.2. The van der Waals surface area contributed by atoms with E-state index in [0.717, 1.165) is 44.5 Å². The minimum absolute atomic E-state index is 0.0903. The minimum atomic E-state index is -0.232. The maximum Gasteiger partial charge on any atom is 0.225 e. The number of amides is 4. The first-order valence-corrected chi connectivity index (χ1v) is 34.3. The summed E-state index contributed by atoms with van der Waals surface area (Å²) in [7, 11) is 0. The number of aromatic nitrogens is 12.